The van der Waals surface area contributed by atoms with Crippen LogP contribution in [0.1, 0.15) is 5.56 Å². The van der Waals surface area contributed by atoms with Gasteiger partial charge in [-0.25, -0.2) is 0 Å². The zero-order valence-electron chi connectivity index (χ0n) is 6.59. The van der Waals surface area contributed by atoms with Crippen LogP contribution in [-0.4, -0.2) is 13.3 Å². The van der Waals surface area contributed by atoms with Crippen molar-refractivity contribution in [3.05, 3.63) is 17.7 Å². The molecule has 0 aromatic heterocycles. The third kappa shape index (κ3) is 0.656. The van der Waals surface area contributed by atoms with Crippen molar-refractivity contribution in [2.45, 2.75) is 6.42 Å². The Kier molecular flexibility index (Phi) is 1.06. The van der Waals surface area contributed by atoms with Crippen molar-refractivity contribution in [1.82, 2.24) is 0 Å². The Morgan fingerprint density at radius 3 is 3.25 bits per heavy atom. The maximum absolute atomic E-state index is 5.36. The van der Waals surface area contributed by atoms with Crippen molar-refractivity contribution >= 4 is 5.69 Å². The van der Waals surface area contributed by atoms with Gasteiger partial charge in [-0.2, -0.15) is 0 Å². The summed E-state index contributed by atoms with van der Waals surface area (Å²) in [4.78, 5) is 0. The van der Waals surface area contributed by atoms with E-state index in [1.807, 2.05) is 6.07 Å². The van der Waals surface area contributed by atoms with Gasteiger partial charge >= 0.3 is 0 Å². The maximum Gasteiger partial charge on any atom is 0.231 e. The van der Waals surface area contributed by atoms with E-state index in [1.54, 1.807) is 0 Å². The first-order valence-electron chi connectivity index (χ1n) is 4.10. The molecule has 0 radical (unpaired) electrons. The Morgan fingerprint density at radius 2 is 2.25 bits per heavy atom. The molecule has 2 aliphatic heterocycles. The van der Waals surface area contributed by atoms with Gasteiger partial charge in [-0.3, -0.25) is 0 Å². The number of fused-ring (bicyclic) bond motifs is 3. The quantitative estimate of drug-likeness (QED) is 0.626. The van der Waals surface area contributed by atoms with Gasteiger partial charge in [0, 0.05) is 6.54 Å². The summed E-state index contributed by atoms with van der Waals surface area (Å²) in [6.45, 7) is 1.36. The Balaban J connectivity index is 2.24. The summed E-state index contributed by atoms with van der Waals surface area (Å²) in [5.41, 5.74) is 2.46. The summed E-state index contributed by atoms with van der Waals surface area (Å²) in [7, 11) is 0. The molecule has 1 N–H and O–H groups in total. The predicted octanol–water partition coefficient (Wildman–Crippen LogP) is 1.38. The van der Waals surface area contributed by atoms with Gasteiger partial charge in [-0.05, 0) is 18.1 Å². The molecule has 0 spiro atoms. The lowest BCUT2D eigenvalue weighted by molar-refractivity contribution is 0.174. The number of nitrogens with one attached hydrogen (secondary N) is 1. The second-order valence-electron chi connectivity index (χ2n) is 3.01. The van der Waals surface area contributed by atoms with E-state index in [0.717, 1.165) is 30.2 Å². The van der Waals surface area contributed by atoms with Crippen LogP contribution in [-0.2, 0) is 6.42 Å². The monoisotopic (exact) mass is 163 g/mol. The molecular weight excluding hydrogens is 154 g/mol. The molecule has 3 rings (SSSR count). The Bertz CT molecular complexity index is 303. The van der Waals surface area contributed by atoms with E-state index in [9.17, 15) is 0 Å². The SMILES string of the molecule is c1cc2c(c3c1CCN3)OCO2. The highest BCUT2D eigenvalue weighted by molar-refractivity contribution is 5.70. The van der Waals surface area contributed by atoms with Gasteiger partial charge in [0.1, 0.15) is 0 Å². The Labute approximate surface area is 70.3 Å². The highest BCUT2D eigenvalue weighted by Gasteiger charge is 2.23. The smallest absolute Gasteiger partial charge is 0.231 e. The van der Waals surface area contributed by atoms with E-state index in [4.69, 9.17) is 9.47 Å². The lowest BCUT2D eigenvalue weighted by Crippen LogP contribution is -1.95. The maximum atomic E-state index is 5.36. The number of rotatable bonds is 0. The number of anilines is 1. The molecule has 0 saturated heterocycles. The molecule has 0 amide bonds. The molecular formula is C9H9NO2. The largest absolute Gasteiger partial charge is 0.454 e. The van der Waals surface area contributed by atoms with Crippen LogP contribution in [0.5, 0.6) is 11.5 Å². The van der Waals surface area contributed by atoms with Crippen molar-refractivity contribution in [1.29, 1.82) is 0 Å². The van der Waals surface area contributed by atoms with Crippen LogP contribution in [0.3, 0.4) is 0 Å². The topological polar surface area (TPSA) is 30.5 Å². The van der Waals surface area contributed by atoms with Crippen molar-refractivity contribution in [2.75, 3.05) is 18.7 Å². The molecule has 0 aliphatic carbocycles. The first-order valence-corrected chi connectivity index (χ1v) is 4.10. The fourth-order valence-corrected chi connectivity index (χ4v) is 1.74. The fraction of sp³-hybridized carbons (Fsp3) is 0.333. The van der Waals surface area contributed by atoms with Crippen LogP contribution in [0.4, 0.5) is 5.69 Å². The molecule has 0 unspecified atom stereocenters. The van der Waals surface area contributed by atoms with E-state index in [-0.39, 0.29) is 0 Å². The van der Waals surface area contributed by atoms with Crippen molar-refractivity contribution < 1.29 is 9.47 Å². The summed E-state index contributed by atoms with van der Waals surface area (Å²) in [5, 5.41) is 3.30. The first-order chi connectivity index (χ1) is 5.95. The highest BCUT2D eigenvalue weighted by Crippen LogP contribution is 2.43. The molecule has 12 heavy (non-hydrogen) atoms. The summed E-state index contributed by atoms with van der Waals surface area (Å²) in [6.07, 6.45) is 1.09. The van der Waals surface area contributed by atoms with Gasteiger partial charge in [-0.15, -0.1) is 0 Å². The second-order valence-corrected chi connectivity index (χ2v) is 3.01. The minimum Gasteiger partial charge on any atom is -0.454 e. The molecule has 3 nitrogen and oxygen atoms in total. The predicted molar refractivity (Wildman–Crippen MR) is 44.8 cm³/mol. The average Bonchev–Trinajstić information content (AvgIpc) is 2.71. The van der Waals surface area contributed by atoms with Crippen LogP contribution >= 0.6 is 0 Å². The third-order valence-corrected chi connectivity index (χ3v) is 2.32. The molecule has 1 aromatic carbocycles. The number of benzene rings is 1. The highest BCUT2D eigenvalue weighted by atomic mass is 16.7. The van der Waals surface area contributed by atoms with Crippen LogP contribution in [0.25, 0.3) is 0 Å². The zero-order chi connectivity index (χ0) is 7.97. The van der Waals surface area contributed by atoms with E-state index < -0.39 is 0 Å². The molecule has 1 aromatic rings. The minimum atomic E-state index is 0.355. The summed E-state index contributed by atoms with van der Waals surface area (Å²) in [6, 6.07) is 4.08. The lowest BCUT2D eigenvalue weighted by atomic mass is 10.1. The molecule has 2 heterocycles. The van der Waals surface area contributed by atoms with E-state index in [1.165, 1.54) is 5.56 Å². The number of hydrogen-bond acceptors (Lipinski definition) is 3. The average molecular weight is 163 g/mol. The summed E-state index contributed by atoms with van der Waals surface area (Å²) < 4.78 is 10.6. The van der Waals surface area contributed by atoms with E-state index in [2.05, 4.69) is 11.4 Å². The van der Waals surface area contributed by atoms with Gasteiger partial charge in [0.25, 0.3) is 0 Å². The number of ether oxygens (including phenoxy) is 2. The van der Waals surface area contributed by atoms with E-state index >= 15 is 0 Å². The molecule has 0 atom stereocenters. The van der Waals surface area contributed by atoms with Crippen molar-refractivity contribution in [3.63, 3.8) is 0 Å². The Hall–Kier alpha value is -1.38. The summed E-state index contributed by atoms with van der Waals surface area (Å²) >= 11 is 0. The summed E-state index contributed by atoms with van der Waals surface area (Å²) in [5.74, 6) is 1.76. The first kappa shape index (κ1) is 6.17. The molecule has 0 saturated carbocycles. The Morgan fingerprint density at radius 1 is 1.25 bits per heavy atom. The van der Waals surface area contributed by atoms with Gasteiger partial charge in [-0.1, -0.05) is 6.07 Å². The van der Waals surface area contributed by atoms with E-state index in [0.29, 0.717) is 6.79 Å². The molecule has 3 heteroatoms. The van der Waals surface area contributed by atoms with Crippen LogP contribution in [0, 0.1) is 0 Å². The minimum absolute atomic E-state index is 0.355. The third-order valence-electron chi connectivity index (χ3n) is 2.32. The lowest BCUT2D eigenvalue weighted by Gasteiger charge is -2.03. The van der Waals surface area contributed by atoms with Gasteiger partial charge in [0.2, 0.25) is 6.79 Å². The van der Waals surface area contributed by atoms with Crippen LogP contribution in [0.2, 0.25) is 0 Å². The molecule has 62 valence electrons. The van der Waals surface area contributed by atoms with Gasteiger partial charge < -0.3 is 14.8 Å². The normalized spacial score (nSPS) is 17.3. The van der Waals surface area contributed by atoms with Crippen LogP contribution in [0.15, 0.2) is 12.1 Å². The van der Waals surface area contributed by atoms with Gasteiger partial charge in [0.05, 0.1) is 5.69 Å². The van der Waals surface area contributed by atoms with Crippen molar-refractivity contribution in [2.24, 2.45) is 0 Å². The fourth-order valence-electron chi connectivity index (χ4n) is 1.74. The second kappa shape index (κ2) is 2.06. The number of hydrogen-bond donors (Lipinski definition) is 1. The standard InChI is InChI=1S/C9H9NO2/c1-2-7-9(12-5-11-7)8-6(1)3-4-10-8/h1-2,10H,3-5H2. The van der Waals surface area contributed by atoms with Crippen LogP contribution < -0.4 is 14.8 Å². The molecule has 0 fully saturated rings. The molecule has 2 aliphatic rings. The molecule has 0 bridgehead atoms. The van der Waals surface area contributed by atoms with Crippen molar-refractivity contribution in [3.8, 4) is 11.5 Å². The zero-order valence-corrected chi connectivity index (χ0v) is 6.59. The van der Waals surface area contributed by atoms with Gasteiger partial charge in [0.15, 0.2) is 11.5 Å².